The second kappa shape index (κ2) is 9.79. The van der Waals surface area contributed by atoms with Gasteiger partial charge in [0.2, 0.25) is 5.91 Å². The Morgan fingerprint density at radius 1 is 1.00 bits per heavy atom. The number of benzene rings is 2. The minimum Gasteiger partial charge on any atom is -0.454 e. The van der Waals surface area contributed by atoms with Gasteiger partial charge in [-0.1, -0.05) is 42.5 Å². The predicted molar refractivity (Wildman–Crippen MR) is 94.9 cm³/mol. The van der Waals surface area contributed by atoms with Crippen molar-refractivity contribution in [2.24, 2.45) is 0 Å². The number of rotatable bonds is 8. The van der Waals surface area contributed by atoms with E-state index in [1.807, 2.05) is 48.5 Å². The molecule has 0 atom stereocenters. The van der Waals surface area contributed by atoms with Gasteiger partial charge in [-0.15, -0.1) is 0 Å². The van der Waals surface area contributed by atoms with Crippen molar-refractivity contribution in [1.29, 1.82) is 5.26 Å². The third-order valence-electron chi connectivity index (χ3n) is 3.58. The highest BCUT2D eigenvalue weighted by Gasteiger charge is 2.11. The smallest absolute Gasteiger partial charge is 0.325 e. The van der Waals surface area contributed by atoms with Gasteiger partial charge in [-0.2, -0.15) is 5.26 Å². The van der Waals surface area contributed by atoms with Crippen molar-refractivity contribution in [3.63, 3.8) is 0 Å². The van der Waals surface area contributed by atoms with Crippen molar-refractivity contribution in [3.05, 3.63) is 48.0 Å². The van der Waals surface area contributed by atoms with Crippen LogP contribution in [0.3, 0.4) is 0 Å². The average molecular weight is 353 g/mol. The average Bonchev–Trinajstić information content (AvgIpc) is 2.65. The monoisotopic (exact) mass is 353 g/mol. The quantitative estimate of drug-likeness (QED) is 0.545. The second-order valence-corrected chi connectivity index (χ2v) is 5.51. The summed E-state index contributed by atoms with van der Waals surface area (Å²) < 4.78 is 4.76. The van der Waals surface area contributed by atoms with Crippen LogP contribution in [0.15, 0.2) is 42.5 Å². The number of fused-ring (bicyclic) bond motifs is 1. The largest absolute Gasteiger partial charge is 0.454 e. The number of amides is 2. The molecule has 26 heavy (non-hydrogen) atoms. The standard InChI is InChI=1S/C19H19N3O4/c20-9-4-10-21-18(24)13-26-19(25)12-22-17(23)11-15-7-3-6-14-5-1-2-8-16(14)15/h1-3,5-8H,4,10-13H2,(H,21,24)(H,22,23). The van der Waals surface area contributed by atoms with E-state index in [-0.39, 0.29) is 31.8 Å². The van der Waals surface area contributed by atoms with Crippen LogP contribution >= 0.6 is 0 Å². The molecule has 2 rings (SSSR count). The summed E-state index contributed by atoms with van der Waals surface area (Å²) in [5, 5.41) is 15.3. The van der Waals surface area contributed by atoms with E-state index in [2.05, 4.69) is 10.6 Å². The molecule has 0 saturated carbocycles. The number of hydrogen-bond donors (Lipinski definition) is 2. The van der Waals surface area contributed by atoms with Crippen molar-refractivity contribution >= 4 is 28.6 Å². The van der Waals surface area contributed by atoms with Gasteiger partial charge in [-0.05, 0) is 16.3 Å². The Hall–Kier alpha value is -3.40. The number of nitrogens with zero attached hydrogens (tertiary/aromatic N) is 1. The molecule has 0 bridgehead atoms. The molecule has 2 aromatic carbocycles. The van der Waals surface area contributed by atoms with Gasteiger partial charge in [-0.25, -0.2) is 0 Å². The molecule has 134 valence electrons. The Morgan fingerprint density at radius 3 is 2.58 bits per heavy atom. The number of carbonyl (C=O) groups excluding carboxylic acids is 3. The molecule has 0 aliphatic rings. The van der Waals surface area contributed by atoms with Gasteiger partial charge in [0.1, 0.15) is 6.54 Å². The van der Waals surface area contributed by atoms with Gasteiger partial charge in [0.15, 0.2) is 6.61 Å². The number of carbonyl (C=O) groups is 3. The summed E-state index contributed by atoms with van der Waals surface area (Å²) >= 11 is 0. The highest BCUT2D eigenvalue weighted by Crippen LogP contribution is 2.18. The molecule has 0 saturated heterocycles. The zero-order valence-corrected chi connectivity index (χ0v) is 14.2. The number of esters is 1. The second-order valence-electron chi connectivity index (χ2n) is 5.51. The molecule has 2 N–H and O–H groups in total. The zero-order valence-electron chi connectivity index (χ0n) is 14.2. The third kappa shape index (κ3) is 5.91. The normalized spacial score (nSPS) is 9.96. The molecule has 0 aromatic heterocycles. The Morgan fingerprint density at radius 2 is 1.77 bits per heavy atom. The molecule has 0 spiro atoms. The lowest BCUT2D eigenvalue weighted by Gasteiger charge is -2.08. The molecule has 0 heterocycles. The molecule has 0 aliphatic heterocycles. The van der Waals surface area contributed by atoms with Crippen LogP contribution in [0.1, 0.15) is 12.0 Å². The topological polar surface area (TPSA) is 108 Å². The molecule has 7 heteroatoms. The van der Waals surface area contributed by atoms with E-state index >= 15 is 0 Å². The summed E-state index contributed by atoms with van der Waals surface area (Å²) in [5.41, 5.74) is 0.867. The molecule has 0 aliphatic carbocycles. The van der Waals surface area contributed by atoms with Gasteiger partial charge >= 0.3 is 5.97 Å². The van der Waals surface area contributed by atoms with Crippen LogP contribution in [0.5, 0.6) is 0 Å². The molecule has 0 radical (unpaired) electrons. The van der Waals surface area contributed by atoms with Gasteiger partial charge < -0.3 is 15.4 Å². The van der Waals surface area contributed by atoms with Crippen molar-refractivity contribution < 1.29 is 19.1 Å². The Labute approximate surface area is 150 Å². The van der Waals surface area contributed by atoms with E-state index in [1.54, 1.807) is 0 Å². The molecule has 0 unspecified atom stereocenters. The first-order chi connectivity index (χ1) is 12.6. The summed E-state index contributed by atoms with van der Waals surface area (Å²) in [6, 6.07) is 15.3. The van der Waals surface area contributed by atoms with E-state index in [1.165, 1.54) is 0 Å². The summed E-state index contributed by atoms with van der Waals surface area (Å²) in [7, 11) is 0. The van der Waals surface area contributed by atoms with Gasteiger partial charge in [0.05, 0.1) is 18.9 Å². The van der Waals surface area contributed by atoms with Crippen LogP contribution in [0.4, 0.5) is 0 Å². The first-order valence-corrected chi connectivity index (χ1v) is 8.13. The zero-order chi connectivity index (χ0) is 18.8. The maximum absolute atomic E-state index is 12.0. The minimum absolute atomic E-state index is 0.142. The van der Waals surface area contributed by atoms with E-state index in [0.29, 0.717) is 0 Å². The first kappa shape index (κ1) is 18.9. The predicted octanol–water partition coefficient (Wildman–Crippen LogP) is 1.07. The fraction of sp³-hybridized carbons (Fsp3) is 0.263. The van der Waals surface area contributed by atoms with Crippen molar-refractivity contribution in [3.8, 4) is 6.07 Å². The van der Waals surface area contributed by atoms with E-state index in [0.717, 1.165) is 16.3 Å². The van der Waals surface area contributed by atoms with Crippen LogP contribution in [0.25, 0.3) is 10.8 Å². The SMILES string of the molecule is N#CCCNC(=O)COC(=O)CNC(=O)Cc1cccc2ccccc12. The molecule has 0 fully saturated rings. The molecule has 7 nitrogen and oxygen atoms in total. The maximum Gasteiger partial charge on any atom is 0.325 e. The van der Waals surface area contributed by atoms with Crippen LogP contribution in [-0.2, 0) is 25.5 Å². The van der Waals surface area contributed by atoms with Crippen LogP contribution in [0, 0.1) is 11.3 Å². The molecular weight excluding hydrogens is 334 g/mol. The fourth-order valence-electron chi connectivity index (χ4n) is 2.36. The molecule has 2 aromatic rings. The van der Waals surface area contributed by atoms with Crippen molar-refractivity contribution in [1.82, 2.24) is 10.6 Å². The van der Waals surface area contributed by atoms with Crippen LogP contribution < -0.4 is 10.6 Å². The highest BCUT2D eigenvalue weighted by atomic mass is 16.5. The summed E-state index contributed by atoms with van der Waals surface area (Å²) in [4.78, 5) is 35.0. The Bertz CT molecular complexity index is 837. The van der Waals surface area contributed by atoms with Crippen LogP contribution in [0.2, 0.25) is 0 Å². The number of nitrogens with one attached hydrogen (secondary N) is 2. The van der Waals surface area contributed by atoms with E-state index in [9.17, 15) is 14.4 Å². The molecular formula is C19H19N3O4. The minimum atomic E-state index is -0.702. The Kier molecular flexibility index (Phi) is 7.13. The van der Waals surface area contributed by atoms with Crippen molar-refractivity contribution in [2.75, 3.05) is 19.7 Å². The lowest BCUT2D eigenvalue weighted by Crippen LogP contribution is -2.34. The van der Waals surface area contributed by atoms with E-state index < -0.39 is 18.5 Å². The fourth-order valence-corrected chi connectivity index (χ4v) is 2.36. The lowest BCUT2D eigenvalue weighted by molar-refractivity contribution is -0.148. The number of hydrogen-bond acceptors (Lipinski definition) is 5. The first-order valence-electron chi connectivity index (χ1n) is 8.13. The van der Waals surface area contributed by atoms with Gasteiger partial charge in [0.25, 0.3) is 5.91 Å². The highest BCUT2D eigenvalue weighted by molar-refractivity contribution is 5.91. The summed E-state index contributed by atoms with van der Waals surface area (Å²) in [6.45, 7) is -0.548. The summed E-state index contributed by atoms with van der Waals surface area (Å²) in [5.74, 6) is -1.50. The van der Waals surface area contributed by atoms with Crippen molar-refractivity contribution in [2.45, 2.75) is 12.8 Å². The summed E-state index contributed by atoms with van der Waals surface area (Å²) in [6.07, 6.45) is 0.327. The third-order valence-corrected chi connectivity index (χ3v) is 3.58. The number of nitriles is 1. The Balaban J connectivity index is 1.75. The van der Waals surface area contributed by atoms with Gasteiger partial charge in [-0.3, -0.25) is 14.4 Å². The van der Waals surface area contributed by atoms with Crippen LogP contribution in [-0.4, -0.2) is 37.5 Å². The van der Waals surface area contributed by atoms with Gasteiger partial charge in [0, 0.05) is 6.54 Å². The van der Waals surface area contributed by atoms with E-state index in [4.69, 9.17) is 10.00 Å². The lowest BCUT2D eigenvalue weighted by atomic mass is 10.0. The maximum atomic E-state index is 12.0. The number of ether oxygens (including phenoxy) is 1. The molecule has 2 amide bonds.